The molecule has 0 saturated carbocycles. The molecule has 1 aromatic rings. The number of hydrogen-bond acceptors (Lipinski definition) is 6. The highest BCUT2D eigenvalue weighted by molar-refractivity contribution is 5.26. The molecule has 0 fully saturated rings. The summed E-state index contributed by atoms with van der Waals surface area (Å²) >= 11 is 0. The lowest BCUT2D eigenvalue weighted by Gasteiger charge is -2.26. The first-order valence-corrected chi connectivity index (χ1v) is 6.35. The third-order valence-corrected chi connectivity index (χ3v) is 2.55. The molecule has 0 radical (unpaired) electrons. The molecular weight excluding hydrogens is 269 g/mol. The fourth-order valence-corrected chi connectivity index (χ4v) is 1.49. The van der Waals surface area contributed by atoms with Crippen LogP contribution in [0.25, 0.3) is 0 Å². The molecule has 1 rings (SSSR count). The lowest BCUT2D eigenvalue weighted by molar-refractivity contribution is -0.111. The van der Waals surface area contributed by atoms with E-state index in [4.69, 9.17) is 10.5 Å². The number of hydrogen-bond donors (Lipinski definition) is 3. The molecule has 1 aromatic heterocycles. The van der Waals surface area contributed by atoms with Crippen LogP contribution in [0.4, 0.5) is 10.2 Å². The van der Waals surface area contributed by atoms with Crippen LogP contribution in [0.2, 0.25) is 0 Å². The molecule has 4 N–H and O–H groups in total. The fourth-order valence-electron chi connectivity index (χ4n) is 1.49. The van der Waals surface area contributed by atoms with Crippen molar-refractivity contribution in [3.05, 3.63) is 22.5 Å². The Bertz CT molecular complexity index is 467. The maximum atomic E-state index is 13.3. The van der Waals surface area contributed by atoms with E-state index in [-0.39, 0.29) is 6.42 Å². The number of nitrogen functional groups attached to an aromatic ring is 1. The summed E-state index contributed by atoms with van der Waals surface area (Å²) in [5.74, 6) is -1.44. The number of aromatic nitrogens is 2. The van der Waals surface area contributed by atoms with Crippen molar-refractivity contribution in [3.8, 4) is 0 Å². The largest absolute Gasteiger partial charge is 0.390 e. The van der Waals surface area contributed by atoms with E-state index in [1.807, 2.05) is 13.8 Å². The lowest BCUT2D eigenvalue weighted by Crippen LogP contribution is -2.41. The highest BCUT2D eigenvalue weighted by atomic mass is 19.1. The van der Waals surface area contributed by atoms with Crippen molar-refractivity contribution in [2.75, 3.05) is 12.8 Å². The van der Waals surface area contributed by atoms with E-state index < -0.39 is 35.8 Å². The second-order valence-corrected chi connectivity index (χ2v) is 3.76. The molecule has 1 heterocycles. The summed E-state index contributed by atoms with van der Waals surface area (Å²) in [6.07, 6.45) is -2.70. The third kappa shape index (κ3) is 4.26. The summed E-state index contributed by atoms with van der Waals surface area (Å²) < 4.78 is 18.9. The fraction of sp³-hybridized carbons (Fsp3) is 0.667. The summed E-state index contributed by atoms with van der Waals surface area (Å²) in [5, 5.41) is 19.3. The predicted molar refractivity (Wildman–Crippen MR) is 72.6 cm³/mol. The van der Waals surface area contributed by atoms with Gasteiger partial charge in [0.1, 0.15) is 6.10 Å². The topological polar surface area (TPSA) is 111 Å². The second-order valence-electron chi connectivity index (χ2n) is 3.76. The van der Waals surface area contributed by atoms with Crippen molar-refractivity contribution in [2.45, 2.75) is 45.6 Å². The Hall–Kier alpha value is -1.51. The average molecular weight is 291 g/mol. The van der Waals surface area contributed by atoms with E-state index in [9.17, 15) is 19.4 Å². The number of aliphatic hydroxyl groups excluding tert-OH is 2. The van der Waals surface area contributed by atoms with Crippen LogP contribution in [0.5, 0.6) is 0 Å². The van der Waals surface area contributed by atoms with Crippen molar-refractivity contribution in [1.82, 2.24) is 9.55 Å². The first-order valence-electron chi connectivity index (χ1n) is 6.35. The maximum absolute atomic E-state index is 13.3. The Labute approximate surface area is 116 Å². The molecule has 0 aliphatic carbocycles. The van der Waals surface area contributed by atoms with Crippen LogP contribution >= 0.6 is 0 Å². The van der Waals surface area contributed by atoms with E-state index in [2.05, 4.69) is 4.98 Å². The number of aliphatic hydroxyl groups is 2. The van der Waals surface area contributed by atoms with E-state index >= 15 is 0 Å². The molecule has 0 spiro atoms. The standard InChI is InChI=1S/C10H16FN3O4.C2H6/c1-3-6(15)7(16)9(18-2)14-4-5(11)8(12)13-10(14)17;1-2/h4,6-7,9,15-16H,3H2,1-2H3,(H2,12,13,17);1-2H3/t6-,7-,9?;/m1./s1. The molecule has 1 unspecified atom stereocenters. The van der Waals surface area contributed by atoms with Gasteiger partial charge in [0.05, 0.1) is 12.3 Å². The molecule has 0 saturated heterocycles. The summed E-state index contributed by atoms with van der Waals surface area (Å²) in [6.45, 7) is 5.64. The number of rotatable bonds is 5. The van der Waals surface area contributed by atoms with Gasteiger partial charge in [-0.2, -0.15) is 4.98 Å². The number of nitrogens with zero attached hydrogens (tertiary/aromatic N) is 2. The van der Waals surface area contributed by atoms with E-state index in [0.29, 0.717) is 0 Å². The minimum absolute atomic E-state index is 0.251. The second kappa shape index (κ2) is 8.62. The van der Waals surface area contributed by atoms with Crippen LogP contribution in [0, 0.1) is 5.82 Å². The van der Waals surface area contributed by atoms with Gasteiger partial charge in [-0.25, -0.2) is 9.18 Å². The van der Waals surface area contributed by atoms with Crippen LogP contribution < -0.4 is 11.4 Å². The molecule has 0 aliphatic heterocycles. The van der Waals surface area contributed by atoms with Crippen molar-refractivity contribution in [1.29, 1.82) is 0 Å². The molecular formula is C12H22FN3O4. The first kappa shape index (κ1) is 18.5. The highest BCUT2D eigenvalue weighted by Gasteiger charge is 2.28. The number of methoxy groups -OCH3 is 1. The Morgan fingerprint density at radius 2 is 2.05 bits per heavy atom. The summed E-state index contributed by atoms with van der Waals surface area (Å²) in [4.78, 5) is 14.8. The van der Waals surface area contributed by atoms with Crippen molar-refractivity contribution >= 4 is 5.82 Å². The Balaban J connectivity index is 0.00000172. The van der Waals surface area contributed by atoms with Crippen molar-refractivity contribution < 1.29 is 19.3 Å². The van der Waals surface area contributed by atoms with Crippen LogP contribution in [0.3, 0.4) is 0 Å². The molecule has 8 heteroatoms. The van der Waals surface area contributed by atoms with E-state index in [1.165, 1.54) is 7.11 Å². The summed E-state index contributed by atoms with van der Waals surface area (Å²) in [7, 11) is 1.22. The Morgan fingerprint density at radius 1 is 1.50 bits per heavy atom. The number of ether oxygens (including phenoxy) is 1. The molecule has 20 heavy (non-hydrogen) atoms. The molecule has 7 nitrogen and oxygen atoms in total. The lowest BCUT2D eigenvalue weighted by atomic mass is 10.1. The minimum atomic E-state index is -1.39. The van der Waals surface area contributed by atoms with Gasteiger partial charge in [-0.1, -0.05) is 20.8 Å². The summed E-state index contributed by atoms with van der Waals surface area (Å²) in [6, 6.07) is 0. The smallest absolute Gasteiger partial charge is 0.351 e. The van der Waals surface area contributed by atoms with Gasteiger partial charge in [-0.15, -0.1) is 0 Å². The first-order chi connectivity index (χ1) is 9.42. The third-order valence-electron chi connectivity index (χ3n) is 2.55. The van der Waals surface area contributed by atoms with E-state index in [1.54, 1.807) is 6.92 Å². The molecule has 0 bridgehead atoms. The molecule has 0 aromatic carbocycles. The maximum Gasteiger partial charge on any atom is 0.351 e. The summed E-state index contributed by atoms with van der Waals surface area (Å²) in [5.41, 5.74) is 4.27. The SMILES string of the molecule is CC.CC[C@@H](O)[C@@H](O)C(OC)n1cc(F)c(N)nc1=O. The number of halogens is 1. The molecule has 0 aliphatic rings. The minimum Gasteiger partial charge on any atom is -0.390 e. The highest BCUT2D eigenvalue weighted by Crippen LogP contribution is 2.16. The van der Waals surface area contributed by atoms with Gasteiger partial charge < -0.3 is 20.7 Å². The van der Waals surface area contributed by atoms with Crippen LogP contribution in [-0.4, -0.2) is 39.1 Å². The quantitative estimate of drug-likeness (QED) is 0.718. The van der Waals surface area contributed by atoms with Crippen LogP contribution in [0.15, 0.2) is 11.0 Å². The van der Waals surface area contributed by atoms with Crippen molar-refractivity contribution in [3.63, 3.8) is 0 Å². The monoisotopic (exact) mass is 291 g/mol. The number of nitrogens with two attached hydrogens (primary N) is 1. The zero-order valence-electron chi connectivity index (χ0n) is 12.1. The van der Waals surface area contributed by atoms with Crippen molar-refractivity contribution in [2.24, 2.45) is 0 Å². The van der Waals surface area contributed by atoms with Gasteiger partial charge in [0.25, 0.3) is 0 Å². The molecule has 3 atom stereocenters. The van der Waals surface area contributed by atoms with Gasteiger partial charge in [0.15, 0.2) is 17.9 Å². The zero-order chi connectivity index (χ0) is 15.9. The van der Waals surface area contributed by atoms with Gasteiger partial charge >= 0.3 is 5.69 Å². The van der Waals surface area contributed by atoms with Crippen LogP contribution in [-0.2, 0) is 4.74 Å². The van der Waals surface area contributed by atoms with Gasteiger partial charge in [-0.05, 0) is 6.42 Å². The Morgan fingerprint density at radius 3 is 2.50 bits per heavy atom. The Kier molecular flexibility index (Phi) is 7.97. The molecule has 0 amide bonds. The molecule has 116 valence electrons. The zero-order valence-corrected chi connectivity index (χ0v) is 12.1. The average Bonchev–Trinajstić information content (AvgIpc) is 2.46. The van der Waals surface area contributed by atoms with E-state index in [0.717, 1.165) is 10.8 Å². The predicted octanol–water partition coefficient (Wildman–Crippen LogP) is 0.268. The normalized spacial score (nSPS) is 14.9. The van der Waals surface area contributed by atoms with Crippen LogP contribution in [0.1, 0.15) is 33.4 Å². The van der Waals surface area contributed by atoms with Gasteiger partial charge in [0, 0.05) is 7.11 Å². The van der Waals surface area contributed by atoms with Gasteiger partial charge in [-0.3, -0.25) is 4.57 Å². The number of anilines is 1. The van der Waals surface area contributed by atoms with Gasteiger partial charge in [0.2, 0.25) is 0 Å².